The van der Waals surface area contributed by atoms with Crippen molar-refractivity contribution in [1.82, 2.24) is 0 Å². The highest BCUT2D eigenvalue weighted by Crippen LogP contribution is 2.22. The van der Waals surface area contributed by atoms with Gasteiger partial charge in [-0.25, -0.2) is 0 Å². The van der Waals surface area contributed by atoms with Crippen LogP contribution in [0.5, 0.6) is 0 Å². The summed E-state index contributed by atoms with van der Waals surface area (Å²) >= 11 is 0. The van der Waals surface area contributed by atoms with Crippen LogP contribution >= 0.6 is 0 Å². The zero-order chi connectivity index (χ0) is 14.2. The molecule has 1 nitrogen and oxygen atoms in total. The SMILES string of the molecule is CCCC=C(Cc1ccccc1C#N)c1ccccc1. The molecule has 0 amide bonds. The van der Waals surface area contributed by atoms with Gasteiger partial charge in [0.15, 0.2) is 0 Å². The molecule has 2 aromatic carbocycles. The zero-order valence-electron chi connectivity index (χ0n) is 11.8. The third-order valence-corrected chi connectivity index (χ3v) is 3.34. The van der Waals surface area contributed by atoms with Crippen molar-refractivity contribution in [3.05, 3.63) is 77.4 Å². The fourth-order valence-electron chi connectivity index (χ4n) is 2.25. The Hall–Kier alpha value is -2.33. The first kappa shape index (κ1) is 14.1. The lowest BCUT2D eigenvalue weighted by Crippen LogP contribution is -1.94. The number of hydrogen-bond acceptors (Lipinski definition) is 1. The van der Waals surface area contributed by atoms with Gasteiger partial charge in [0.2, 0.25) is 0 Å². The van der Waals surface area contributed by atoms with Crippen LogP contribution in [0.2, 0.25) is 0 Å². The van der Waals surface area contributed by atoms with E-state index >= 15 is 0 Å². The van der Waals surface area contributed by atoms with Gasteiger partial charge in [-0.1, -0.05) is 68.0 Å². The van der Waals surface area contributed by atoms with E-state index < -0.39 is 0 Å². The minimum Gasteiger partial charge on any atom is -0.192 e. The summed E-state index contributed by atoms with van der Waals surface area (Å²) in [6, 6.07) is 20.6. The molecule has 0 aliphatic carbocycles. The van der Waals surface area contributed by atoms with E-state index in [1.807, 2.05) is 30.3 Å². The van der Waals surface area contributed by atoms with E-state index in [1.165, 1.54) is 11.1 Å². The highest BCUT2D eigenvalue weighted by molar-refractivity contribution is 5.68. The van der Waals surface area contributed by atoms with E-state index in [4.69, 9.17) is 0 Å². The number of hydrogen-bond donors (Lipinski definition) is 0. The van der Waals surface area contributed by atoms with Gasteiger partial charge in [-0.3, -0.25) is 0 Å². The highest BCUT2D eigenvalue weighted by atomic mass is 14.2. The molecule has 0 atom stereocenters. The lowest BCUT2D eigenvalue weighted by molar-refractivity contribution is 0.956. The van der Waals surface area contributed by atoms with Crippen LogP contribution in [0.25, 0.3) is 5.57 Å². The summed E-state index contributed by atoms with van der Waals surface area (Å²) in [5.74, 6) is 0. The molecule has 2 aromatic rings. The summed E-state index contributed by atoms with van der Waals surface area (Å²) in [4.78, 5) is 0. The molecule has 0 heterocycles. The van der Waals surface area contributed by atoms with Crippen LogP contribution in [0.4, 0.5) is 0 Å². The second-order valence-electron chi connectivity index (χ2n) is 4.83. The van der Waals surface area contributed by atoms with Gasteiger partial charge in [0.05, 0.1) is 11.6 Å². The summed E-state index contributed by atoms with van der Waals surface area (Å²) in [7, 11) is 0. The van der Waals surface area contributed by atoms with Crippen molar-refractivity contribution in [2.45, 2.75) is 26.2 Å². The Labute approximate surface area is 121 Å². The van der Waals surface area contributed by atoms with E-state index in [-0.39, 0.29) is 0 Å². The average Bonchev–Trinajstić information content (AvgIpc) is 2.52. The molecular weight excluding hydrogens is 242 g/mol. The molecule has 2 rings (SSSR count). The van der Waals surface area contributed by atoms with Gasteiger partial charge >= 0.3 is 0 Å². The monoisotopic (exact) mass is 261 g/mol. The standard InChI is InChI=1S/C19H19N/c1-2-3-9-17(16-10-5-4-6-11-16)14-18-12-7-8-13-19(18)15-20/h4-13H,2-3,14H2,1H3. The van der Waals surface area contributed by atoms with Crippen LogP contribution in [0.15, 0.2) is 60.7 Å². The van der Waals surface area contributed by atoms with E-state index in [0.717, 1.165) is 30.4 Å². The Morgan fingerprint density at radius 3 is 2.45 bits per heavy atom. The number of nitrogens with zero attached hydrogens (tertiary/aromatic N) is 1. The lowest BCUT2D eigenvalue weighted by Gasteiger charge is -2.10. The number of nitriles is 1. The quantitative estimate of drug-likeness (QED) is 0.744. The van der Waals surface area contributed by atoms with Crippen molar-refractivity contribution in [2.24, 2.45) is 0 Å². The largest absolute Gasteiger partial charge is 0.192 e. The molecule has 0 saturated carbocycles. The van der Waals surface area contributed by atoms with E-state index in [9.17, 15) is 5.26 Å². The van der Waals surface area contributed by atoms with Crippen LogP contribution in [-0.2, 0) is 6.42 Å². The van der Waals surface area contributed by atoms with Gasteiger partial charge in [0, 0.05) is 0 Å². The highest BCUT2D eigenvalue weighted by Gasteiger charge is 2.06. The van der Waals surface area contributed by atoms with E-state index in [2.05, 4.69) is 43.3 Å². The van der Waals surface area contributed by atoms with Crippen molar-refractivity contribution in [1.29, 1.82) is 5.26 Å². The van der Waals surface area contributed by atoms with Crippen molar-refractivity contribution in [3.8, 4) is 6.07 Å². The lowest BCUT2D eigenvalue weighted by atomic mass is 9.94. The van der Waals surface area contributed by atoms with Gasteiger partial charge in [0.25, 0.3) is 0 Å². The van der Waals surface area contributed by atoms with Crippen LogP contribution in [0.1, 0.15) is 36.5 Å². The van der Waals surface area contributed by atoms with Crippen molar-refractivity contribution in [2.75, 3.05) is 0 Å². The predicted octanol–water partition coefficient (Wildman–Crippen LogP) is 4.98. The summed E-state index contributed by atoms with van der Waals surface area (Å²) < 4.78 is 0. The summed E-state index contributed by atoms with van der Waals surface area (Å²) in [5, 5.41) is 9.21. The van der Waals surface area contributed by atoms with Gasteiger partial charge in [-0.05, 0) is 35.6 Å². The molecule has 0 spiro atoms. The first-order valence-corrected chi connectivity index (χ1v) is 7.07. The van der Waals surface area contributed by atoms with Crippen LogP contribution in [0, 0.1) is 11.3 Å². The first-order valence-electron chi connectivity index (χ1n) is 7.07. The molecule has 0 aromatic heterocycles. The maximum absolute atomic E-state index is 9.21. The Morgan fingerprint density at radius 2 is 1.75 bits per heavy atom. The fourth-order valence-corrected chi connectivity index (χ4v) is 2.25. The van der Waals surface area contributed by atoms with Gasteiger partial charge in [0.1, 0.15) is 0 Å². The fraction of sp³-hybridized carbons (Fsp3) is 0.211. The van der Waals surface area contributed by atoms with Gasteiger partial charge < -0.3 is 0 Å². The molecular formula is C19H19N. The van der Waals surface area contributed by atoms with Crippen LogP contribution in [-0.4, -0.2) is 0 Å². The molecule has 1 heteroatoms. The van der Waals surface area contributed by atoms with Crippen LogP contribution < -0.4 is 0 Å². The molecule has 100 valence electrons. The van der Waals surface area contributed by atoms with E-state index in [0.29, 0.717) is 0 Å². The molecule has 0 radical (unpaired) electrons. The van der Waals surface area contributed by atoms with Crippen LogP contribution in [0.3, 0.4) is 0 Å². The molecule has 20 heavy (non-hydrogen) atoms. The summed E-state index contributed by atoms with van der Waals surface area (Å²) in [6.07, 6.45) is 5.31. The number of allylic oxidation sites excluding steroid dienone is 2. The Kier molecular flexibility index (Phi) is 5.15. The second-order valence-corrected chi connectivity index (χ2v) is 4.83. The topological polar surface area (TPSA) is 23.8 Å². The molecule has 0 aliphatic rings. The van der Waals surface area contributed by atoms with Crippen molar-refractivity contribution in [3.63, 3.8) is 0 Å². The molecule has 0 N–H and O–H groups in total. The Balaban J connectivity index is 2.32. The third kappa shape index (κ3) is 3.59. The van der Waals surface area contributed by atoms with Crippen molar-refractivity contribution >= 4 is 5.57 Å². The minimum atomic E-state index is 0.769. The normalized spacial score (nSPS) is 11.1. The molecule has 0 unspecified atom stereocenters. The van der Waals surface area contributed by atoms with E-state index in [1.54, 1.807) is 0 Å². The summed E-state index contributed by atoms with van der Waals surface area (Å²) in [5.41, 5.74) is 4.41. The number of rotatable bonds is 5. The van der Waals surface area contributed by atoms with Crippen molar-refractivity contribution < 1.29 is 0 Å². The number of benzene rings is 2. The number of unbranched alkanes of at least 4 members (excludes halogenated alkanes) is 1. The Bertz CT molecular complexity index is 618. The predicted molar refractivity (Wildman–Crippen MR) is 84.2 cm³/mol. The smallest absolute Gasteiger partial charge is 0.0994 e. The zero-order valence-corrected chi connectivity index (χ0v) is 11.8. The maximum Gasteiger partial charge on any atom is 0.0994 e. The molecule has 0 fully saturated rings. The Morgan fingerprint density at radius 1 is 1.05 bits per heavy atom. The first-order chi connectivity index (χ1) is 9.85. The minimum absolute atomic E-state index is 0.769. The van der Waals surface area contributed by atoms with Gasteiger partial charge in [-0.15, -0.1) is 0 Å². The average molecular weight is 261 g/mol. The molecule has 0 aliphatic heterocycles. The van der Waals surface area contributed by atoms with Gasteiger partial charge in [-0.2, -0.15) is 5.26 Å². The molecule has 0 bridgehead atoms. The second kappa shape index (κ2) is 7.31. The maximum atomic E-state index is 9.21. The third-order valence-electron chi connectivity index (χ3n) is 3.34. The summed E-state index contributed by atoms with van der Waals surface area (Å²) in [6.45, 7) is 2.18. The molecule has 0 saturated heterocycles.